The molecular formula is C29H45NO3. The molecule has 0 saturated carbocycles. The van der Waals surface area contributed by atoms with Crippen molar-refractivity contribution in [2.45, 2.75) is 105 Å². The van der Waals surface area contributed by atoms with Crippen molar-refractivity contribution in [1.29, 1.82) is 0 Å². The number of allylic oxidation sites excluding steroid dienone is 9. The van der Waals surface area contributed by atoms with Gasteiger partial charge in [0.15, 0.2) is 11.6 Å². The van der Waals surface area contributed by atoms with Gasteiger partial charge in [-0.05, 0) is 99.8 Å². The first-order valence-electron chi connectivity index (χ1n) is 12.3. The Morgan fingerprint density at radius 1 is 0.788 bits per heavy atom. The van der Waals surface area contributed by atoms with Crippen molar-refractivity contribution >= 4 is 11.6 Å². The summed E-state index contributed by atoms with van der Waals surface area (Å²) in [7, 11) is 0. The summed E-state index contributed by atoms with van der Waals surface area (Å²) in [6, 6.07) is 0. The Morgan fingerprint density at radius 3 is 1.82 bits per heavy atom. The van der Waals surface area contributed by atoms with Gasteiger partial charge >= 0.3 is 0 Å². The van der Waals surface area contributed by atoms with Gasteiger partial charge in [-0.3, -0.25) is 9.59 Å². The maximum atomic E-state index is 12.6. The molecule has 0 spiro atoms. The highest BCUT2D eigenvalue weighted by molar-refractivity contribution is 6.24. The van der Waals surface area contributed by atoms with Crippen LogP contribution in [0, 0.1) is 0 Å². The summed E-state index contributed by atoms with van der Waals surface area (Å²) in [5.41, 5.74) is 10.9. The Balaban J connectivity index is 2.47. The van der Waals surface area contributed by atoms with E-state index in [1.54, 1.807) is 20.8 Å². The van der Waals surface area contributed by atoms with Crippen LogP contribution in [0.25, 0.3) is 0 Å². The van der Waals surface area contributed by atoms with Gasteiger partial charge in [-0.2, -0.15) is 0 Å². The van der Waals surface area contributed by atoms with Crippen LogP contribution in [0.15, 0.2) is 57.2 Å². The van der Waals surface area contributed by atoms with Gasteiger partial charge in [0.1, 0.15) is 0 Å². The second-order valence-corrected chi connectivity index (χ2v) is 9.98. The molecule has 0 radical (unpaired) electrons. The van der Waals surface area contributed by atoms with E-state index in [2.05, 4.69) is 39.0 Å². The third-order valence-corrected chi connectivity index (χ3v) is 6.79. The molecule has 0 bridgehead atoms. The number of ketones is 2. The highest BCUT2D eigenvalue weighted by Gasteiger charge is 2.29. The monoisotopic (exact) mass is 455 g/mol. The van der Waals surface area contributed by atoms with Crippen molar-refractivity contribution in [3.05, 3.63) is 57.2 Å². The number of nitrogens with two attached hydrogens (primary N) is 1. The van der Waals surface area contributed by atoms with E-state index in [0.717, 1.165) is 32.1 Å². The largest absolute Gasteiger partial charge is 0.390 e. The van der Waals surface area contributed by atoms with E-state index in [9.17, 15) is 14.7 Å². The second-order valence-electron chi connectivity index (χ2n) is 9.98. The summed E-state index contributed by atoms with van der Waals surface area (Å²) in [4.78, 5) is 24.9. The molecule has 0 saturated heterocycles. The molecule has 0 fully saturated rings. The highest BCUT2D eigenvalue weighted by atomic mass is 16.3. The van der Waals surface area contributed by atoms with E-state index >= 15 is 0 Å². The van der Waals surface area contributed by atoms with Crippen molar-refractivity contribution in [2.24, 2.45) is 5.73 Å². The smallest absolute Gasteiger partial charge is 0.185 e. The van der Waals surface area contributed by atoms with Gasteiger partial charge < -0.3 is 10.8 Å². The first kappa shape index (κ1) is 29.0. The van der Waals surface area contributed by atoms with Crippen LogP contribution in [0.5, 0.6) is 0 Å². The number of hydrogen-bond acceptors (Lipinski definition) is 4. The molecule has 0 aliphatic heterocycles. The van der Waals surface area contributed by atoms with Crippen LogP contribution in [0.3, 0.4) is 0 Å². The highest BCUT2D eigenvalue weighted by Crippen LogP contribution is 2.30. The van der Waals surface area contributed by atoms with Gasteiger partial charge in [-0.15, -0.1) is 0 Å². The summed E-state index contributed by atoms with van der Waals surface area (Å²) in [6.07, 6.45) is 13.2. The number of carbonyl (C=O) groups excluding carboxylic acids is 2. The van der Waals surface area contributed by atoms with E-state index in [4.69, 9.17) is 5.73 Å². The van der Waals surface area contributed by atoms with E-state index in [1.165, 1.54) is 16.7 Å². The fraction of sp³-hybridized carbons (Fsp3) is 0.586. The molecule has 4 nitrogen and oxygen atoms in total. The molecule has 0 aromatic carbocycles. The van der Waals surface area contributed by atoms with Gasteiger partial charge in [0.05, 0.1) is 5.60 Å². The minimum atomic E-state index is -0.872. The zero-order valence-corrected chi connectivity index (χ0v) is 21.9. The molecule has 1 unspecified atom stereocenters. The fourth-order valence-electron chi connectivity index (χ4n) is 3.99. The molecule has 1 aliphatic carbocycles. The number of aliphatic hydroxyl groups is 1. The molecule has 1 rings (SSSR count). The zero-order chi connectivity index (χ0) is 25.2. The first-order valence-corrected chi connectivity index (χ1v) is 12.3. The van der Waals surface area contributed by atoms with E-state index in [-0.39, 0.29) is 11.6 Å². The topological polar surface area (TPSA) is 80.4 Å². The minimum Gasteiger partial charge on any atom is -0.390 e. The Bertz CT molecular complexity index is 879. The van der Waals surface area contributed by atoms with Gasteiger partial charge in [-0.25, -0.2) is 0 Å². The molecule has 1 atom stereocenters. The first-order chi connectivity index (χ1) is 15.4. The number of rotatable bonds is 13. The molecule has 3 N–H and O–H groups in total. The third-order valence-electron chi connectivity index (χ3n) is 6.79. The molecule has 1 aliphatic rings. The second kappa shape index (κ2) is 13.6. The van der Waals surface area contributed by atoms with Crippen LogP contribution in [-0.2, 0) is 9.59 Å². The SMILES string of the molecule is CC(=CCCC(C)=CCCC(C)=CCCC(C)(O)CCC1=C(C)C(=O)C(C)=C(C)C1=O)CN. The molecule has 0 aromatic rings. The lowest BCUT2D eigenvalue weighted by Crippen LogP contribution is -2.26. The van der Waals surface area contributed by atoms with Crippen LogP contribution in [0.1, 0.15) is 99.8 Å². The van der Waals surface area contributed by atoms with Crippen LogP contribution < -0.4 is 5.73 Å². The van der Waals surface area contributed by atoms with Gasteiger partial charge in [-0.1, -0.05) is 34.9 Å². The Hall–Kier alpha value is -2.04. The lowest BCUT2D eigenvalue weighted by atomic mass is 9.82. The molecule has 33 heavy (non-hydrogen) atoms. The van der Waals surface area contributed by atoms with Crippen LogP contribution >= 0.6 is 0 Å². The third kappa shape index (κ3) is 9.77. The summed E-state index contributed by atoms with van der Waals surface area (Å²) < 4.78 is 0. The van der Waals surface area contributed by atoms with Crippen LogP contribution in [-0.4, -0.2) is 28.8 Å². The standard InChI is InChI=1S/C29H45NO3/c1-20(13-9-14-22(3)19-30)11-8-12-21(2)15-10-17-29(7,33)18-16-26-25(6)27(31)23(4)24(5)28(26)32/h11,14-15,33H,8-10,12-13,16-19,30H2,1-7H3. The molecule has 0 aromatic heterocycles. The van der Waals surface area contributed by atoms with Crippen LogP contribution in [0.4, 0.5) is 0 Å². The number of Topliss-reactive ketones (excluding diaryl/α,β-unsaturated/α-hetero) is 2. The Labute approximate surface area is 201 Å². The minimum absolute atomic E-state index is 0.0493. The maximum absolute atomic E-state index is 12.6. The predicted molar refractivity (Wildman–Crippen MR) is 139 cm³/mol. The summed E-state index contributed by atoms with van der Waals surface area (Å²) >= 11 is 0. The van der Waals surface area contributed by atoms with Crippen molar-refractivity contribution < 1.29 is 14.7 Å². The average molecular weight is 456 g/mol. The van der Waals surface area contributed by atoms with E-state index < -0.39 is 5.60 Å². The van der Waals surface area contributed by atoms with Crippen molar-refractivity contribution in [1.82, 2.24) is 0 Å². The van der Waals surface area contributed by atoms with Gasteiger partial charge in [0.25, 0.3) is 0 Å². The summed E-state index contributed by atoms with van der Waals surface area (Å²) in [5.74, 6) is -0.100. The van der Waals surface area contributed by atoms with Gasteiger partial charge in [0.2, 0.25) is 0 Å². The predicted octanol–water partition coefficient (Wildman–Crippen LogP) is 6.46. The molecule has 0 heterocycles. The number of hydrogen-bond donors (Lipinski definition) is 2. The molecule has 184 valence electrons. The molecular weight excluding hydrogens is 410 g/mol. The molecule has 4 heteroatoms. The van der Waals surface area contributed by atoms with Crippen molar-refractivity contribution in [3.8, 4) is 0 Å². The van der Waals surface area contributed by atoms with Crippen molar-refractivity contribution in [2.75, 3.05) is 6.54 Å². The van der Waals surface area contributed by atoms with Gasteiger partial charge in [0, 0.05) is 28.8 Å². The number of carbonyl (C=O) groups is 2. The Morgan fingerprint density at radius 2 is 1.27 bits per heavy atom. The quantitative estimate of drug-likeness (QED) is 0.247. The normalized spacial score (nSPS) is 18.4. The van der Waals surface area contributed by atoms with Crippen molar-refractivity contribution in [3.63, 3.8) is 0 Å². The summed E-state index contributed by atoms with van der Waals surface area (Å²) in [6.45, 7) is 14.0. The van der Waals surface area contributed by atoms with Crippen LogP contribution in [0.2, 0.25) is 0 Å². The Kier molecular flexibility index (Phi) is 12.0. The molecule has 0 amide bonds. The lowest BCUT2D eigenvalue weighted by Gasteiger charge is -2.25. The fourth-order valence-corrected chi connectivity index (χ4v) is 3.99. The van der Waals surface area contributed by atoms with E-state index in [0.29, 0.717) is 48.1 Å². The lowest BCUT2D eigenvalue weighted by molar-refractivity contribution is -0.116. The average Bonchev–Trinajstić information content (AvgIpc) is 2.76. The summed E-state index contributed by atoms with van der Waals surface area (Å²) in [5, 5.41) is 10.8. The van der Waals surface area contributed by atoms with E-state index in [1.807, 2.05) is 6.92 Å². The maximum Gasteiger partial charge on any atom is 0.185 e. The zero-order valence-electron chi connectivity index (χ0n) is 21.9.